The maximum atomic E-state index is 6.45. The summed E-state index contributed by atoms with van der Waals surface area (Å²) in [5.74, 6) is 0. The highest BCUT2D eigenvalue weighted by molar-refractivity contribution is 6.10. The van der Waals surface area contributed by atoms with Crippen LogP contribution in [0.3, 0.4) is 0 Å². The standard InChI is InChI=1S/C46H28N2O2/c1-3-8-29(9-4-1)34-18-20-41-39(27-34)38-23-25-47-43(46(38)49-41)36-13-7-12-33(26-36)31-14-16-32(17-15-31)37-22-24-48-44-40-28-35(30-10-5-2-6-11-30)19-21-42(40)50-45(37)44/h1-28H. The third-order valence-electron chi connectivity index (χ3n) is 9.62. The van der Waals surface area contributed by atoms with Crippen molar-refractivity contribution < 1.29 is 8.83 Å². The van der Waals surface area contributed by atoms with E-state index in [1.165, 1.54) is 11.1 Å². The van der Waals surface area contributed by atoms with Crippen LogP contribution < -0.4 is 0 Å². The summed E-state index contributed by atoms with van der Waals surface area (Å²) in [5.41, 5.74) is 14.9. The molecule has 0 aliphatic heterocycles. The first-order valence-electron chi connectivity index (χ1n) is 16.7. The summed E-state index contributed by atoms with van der Waals surface area (Å²) < 4.78 is 12.9. The molecule has 0 spiro atoms. The number of benzene rings is 6. The Morgan fingerprint density at radius 3 is 1.62 bits per heavy atom. The smallest absolute Gasteiger partial charge is 0.161 e. The lowest BCUT2D eigenvalue weighted by Crippen LogP contribution is -1.86. The molecule has 0 unspecified atom stereocenters. The normalized spacial score (nSPS) is 11.6. The lowest BCUT2D eigenvalue weighted by molar-refractivity contribution is 0.668. The predicted octanol–water partition coefficient (Wildman–Crippen LogP) is 12.6. The van der Waals surface area contributed by atoms with Crippen LogP contribution in [0.25, 0.3) is 99.8 Å². The van der Waals surface area contributed by atoms with Gasteiger partial charge in [0.2, 0.25) is 0 Å². The van der Waals surface area contributed by atoms with Gasteiger partial charge in [0.1, 0.15) is 22.4 Å². The number of aromatic nitrogens is 2. The third kappa shape index (κ3) is 4.69. The van der Waals surface area contributed by atoms with Gasteiger partial charge in [-0.3, -0.25) is 9.97 Å². The van der Waals surface area contributed by atoms with Crippen LogP contribution in [0.15, 0.2) is 179 Å². The van der Waals surface area contributed by atoms with Crippen LogP contribution in [0, 0.1) is 0 Å². The Morgan fingerprint density at radius 1 is 0.340 bits per heavy atom. The molecule has 0 fully saturated rings. The summed E-state index contributed by atoms with van der Waals surface area (Å²) in [6, 6.07) is 54.7. The molecular weight excluding hydrogens is 613 g/mol. The van der Waals surface area contributed by atoms with Crippen molar-refractivity contribution in [3.8, 4) is 55.8 Å². The van der Waals surface area contributed by atoms with Gasteiger partial charge >= 0.3 is 0 Å². The van der Waals surface area contributed by atoms with Crippen molar-refractivity contribution in [3.63, 3.8) is 0 Å². The summed E-state index contributed by atoms with van der Waals surface area (Å²) in [6.07, 6.45) is 3.74. The summed E-state index contributed by atoms with van der Waals surface area (Å²) in [5, 5.41) is 3.16. The second kappa shape index (κ2) is 11.4. The summed E-state index contributed by atoms with van der Waals surface area (Å²) >= 11 is 0. The van der Waals surface area contributed by atoms with Crippen LogP contribution in [0.2, 0.25) is 0 Å². The molecule has 0 aliphatic rings. The second-order valence-electron chi connectivity index (χ2n) is 12.6. The molecule has 10 rings (SSSR count). The van der Waals surface area contributed by atoms with Crippen molar-refractivity contribution in [2.75, 3.05) is 0 Å². The molecule has 0 amide bonds. The van der Waals surface area contributed by atoms with E-state index in [4.69, 9.17) is 18.8 Å². The fourth-order valence-electron chi connectivity index (χ4n) is 7.10. The van der Waals surface area contributed by atoms with Crippen LogP contribution in [-0.4, -0.2) is 9.97 Å². The van der Waals surface area contributed by atoms with Crippen molar-refractivity contribution >= 4 is 44.0 Å². The van der Waals surface area contributed by atoms with Crippen LogP contribution in [0.5, 0.6) is 0 Å². The molecule has 0 saturated carbocycles. The van der Waals surface area contributed by atoms with Crippen molar-refractivity contribution in [2.45, 2.75) is 0 Å². The van der Waals surface area contributed by atoms with Crippen LogP contribution >= 0.6 is 0 Å². The Labute approximate surface area is 287 Å². The quantitative estimate of drug-likeness (QED) is 0.188. The van der Waals surface area contributed by atoms with Gasteiger partial charge < -0.3 is 8.83 Å². The third-order valence-corrected chi connectivity index (χ3v) is 9.62. The summed E-state index contributed by atoms with van der Waals surface area (Å²) in [6.45, 7) is 0. The second-order valence-corrected chi connectivity index (χ2v) is 12.6. The molecule has 0 aliphatic carbocycles. The van der Waals surface area contributed by atoms with E-state index in [1.54, 1.807) is 0 Å². The molecule has 0 radical (unpaired) electrons. The molecule has 4 heteroatoms. The Balaban J connectivity index is 0.996. The SMILES string of the molecule is c1ccc(-c2ccc3oc4c(-c5cccc(-c6ccc(-c7ccnc8c7oc7ccc(-c9ccccc9)cc78)cc6)c5)nccc4c3c2)cc1. The molecule has 4 heterocycles. The maximum Gasteiger partial charge on any atom is 0.161 e. The molecule has 50 heavy (non-hydrogen) atoms. The van der Waals surface area contributed by atoms with E-state index in [9.17, 15) is 0 Å². The fraction of sp³-hybridized carbons (Fsp3) is 0. The first-order valence-corrected chi connectivity index (χ1v) is 16.7. The zero-order valence-corrected chi connectivity index (χ0v) is 26.9. The van der Waals surface area contributed by atoms with Gasteiger partial charge in [-0.05, 0) is 81.4 Å². The number of rotatable bonds is 5. The molecule has 4 nitrogen and oxygen atoms in total. The molecule has 0 saturated heterocycles. The van der Waals surface area contributed by atoms with E-state index in [-0.39, 0.29) is 0 Å². The number of pyridine rings is 2. The lowest BCUT2D eigenvalue weighted by atomic mass is 9.97. The minimum atomic E-state index is 0.795. The molecule has 0 N–H and O–H groups in total. The first kappa shape index (κ1) is 28.3. The highest BCUT2D eigenvalue weighted by Gasteiger charge is 2.17. The van der Waals surface area contributed by atoms with Crippen LogP contribution in [-0.2, 0) is 0 Å². The topological polar surface area (TPSA) is 52.1 Å². The minimum absolute atomic E-state index is 0.795. The summed E-state index contributed by atoms with van der Waals surface area (Å²) in [7, 11) is 0. The van der Waals surface area contributed by atoms with Gasteiger partial charge in [0.25, 0.3) is 0 Å². The van der Waals surface area contributed by atoms with E-state index < -0.39 is 0 Å². The van der Waals surface area contributed by atoms with Gasteiger partial charge in [-0.2, -0.15) is 0 Å². The Bertz CT molecular complexity index is 2850. The lowest BCUT2D eigenvalue weighted by Gasteiger charge is -2.08. The van der Waals surface area contributed by atoms with Gasteiger partial charge in [0, 0.05) is 39.7 Å². The predicted molar refractivity (Wildman–Crippen MR) is 204 cm³/mol. The Hall–Kier alpha value is -6.78. The highest BCUT2D eigenvalue weighted by Crippen LogP contribution is 2.39. The fourth-order valence-corrected chi connectivity index (χ4v) is 7.10. The Morgan fingerprint density at radius 2 is 0.880 bits per heavy atom. The van der Waals surface area contributed by atoms with E-state index in [0.717, 1.165) is 88.6 Å². The largest absolute Gasteiger partial charge is 0.454 e. The Kier molecular flexibility index (Phi) is 6.46. The number of nitrogens with zero attached hydrogens (tertiary/aromatic N) is 2. The van der Waals surface area contributed by atoms with Crippen LogP contribution in [0.1, 0.15) is 0 Å². The van der Waals surface area contributed by atoms with Gasteiger partial charge in [-0.1, -0.05) is 115 Å². The maximum absolute atomic E-state index is 6.45. The zero-order chi connectivity index (χ0) is 33.0. The number of hydrogen-bond acceptors (Lipinski definition) is 4. The van der Waals surface area contributed by atoms with Gasteiger partial charge in [0.05, 0.1) is 0 Å². The average molecular weight is 641 g/mol. The van der Waals surface area contributed by atoms with Gasteiger partial charge in [-0.25, -0.2) is 0 Å². The molecule has 4 aromatic heterocycles. The molecule has 6 aromatic carbocycles. The van der Waals surface area contributed by atoms with Crippen molar-refractivity contribution in [3.05, 3.63) is 170 Å². The van der Waals surface area contributed by atoms with E-state index in [0.29, 0.717) is 0 Å². The summed E-state index contributed by atoms with van der Waals surface area (Å²) in [4.78, 5) is 9.54. The van der Waals surface area contributed by atoms with Gasteiger partial charge in [0.15, 0.2) is 11.2 Å². The van der Waals surface area contributed by atoms with E-state index in [1.807, 2.05) is 42.7 Å². The van der Waals surface area contributed by atoms with E-state index in [2.05, 4.69) is 127 Å². The minimum Gasteiger partial charge on any atom is -0.454 e. The van der Waals surface area contributed by atoms with Crippen molar-refractivity contribution in [1.82, 2.24) is 9.97 Å². The molecular formula is C46H28N2O2. The number of furan rings is 2. The van der Waals surface area contributed by atoms with Crippen molar-refractivity contribution in [2.24, 2.45) is 0 Å². The van der Waals surface area contributed by atoms with Crippen LogP contribution in [0.4, 0.5) is 0 Å². The first-order chi connectivity index (χ1) is 24.8. The monoisotopic (exact) mass is 640 g/mol. The highest BCUT2D eigenvalue weighted by atomic mass is 16.3. The number of hydrogen-bond donors (Lipinski definition) is 0. The molecule has 0 atom stereocenters. The zero-order valence-electron chi connectivity index (χ0n) is 26.9. The molecule has 234 valence electrons. The van der Waals surface area contributed by atoms with Gasteiger partial charge in [-0.15, -0.1) is 0 Å². The van der Waals surface area contributed by atoms with Crippen molar-refractivity contribution in [1.29, 1.82) is 0 Å². The molecule has 0 bridgehead atoms. The van der Waals surface area contributed by atoms with E-state index >= 15 is 0 Å². The average Bonchev–Trinajstić information content (AvgIpc) is 3.76. The molecule has 10 aromatic rings. The number of fused-ring (bicyclic) bond motifs is 6.